The van der Waals surface area contributed by atoms with Gasteiger partial charge in [-0.05, 0) is 18.2 Å². The molecule has 0 aliphatic heterocycles. The second-order valence-electron chi connectivity index (χ2n) is 8.75. The number of aromatic amines is 1. The monoisotopic (exact) mass is 435 g/mol. The Balaban J connectivity index is 2.00. The topological polar surface area (TPSA) is 129 Å². The van der Waals surface area contributed by atoms with E-state index in [0.717, 1.165) is 21.6 Å². The fraction of sp³-hybridized carbons (Fsp3) is 0.318. The molecule has 2 amide bonds. The van der Waals surface area contributed by atoms with Crippen LogP contribution in [-0.2, 0) is 17.3 Å². The molecule has 166 valence electrons. The second kappa shape index (κ2) is 7.33. The maximum Gasteiger partial charge on any atom is 0.412 e. The molecule has 3 N–H and O–H groups in total. The van der Waals surface area contributed by atoms with Crippen LogP contribution in [0.25, 0.3) is 33.5 Å². The van der Waals surface area contributed by atoms with Crippen molar-refractivity contribution in [1.82, 2.24) is 24.5 Å². The van der Waals surface area contributed by atoms with Crippen LogP contribution in [0.3, 0.4) is 0 Å². The summed E-state index contributed by atoms with van der Waals surface area (Å²) in [7, 11) is 3.37. The highest BCUT2D eigenvalue weighted by Gasteiger charge is 2.27. The number of carboxylic acid groups (broad SMARTS) is 1. The van der Waals surface area contributed by atoms with E-state index < -0.39 is 6.09 Å². The van der Waals surface area contributed by atoms with Gasteiger partial charge in [-0.2, -0.15) is 0 Å². The lowest BCUT2D eigenvalue weighted by atomic mass is 9.96. The number of imidazole rings is 1. The summed E-state index contributed by atoms with van der Waals surface area (Å²) < 4.78 is 1.98. The molecule has 4 rings (SSSR count). The molecular weight excluding hydrogens is 410 g/mol. The van der Waals surface area contributed by atoms with Crippen LogP contribution < -0.4 is 10.2 Å². The first-order chi connectivity index (χ1) is 15.0. The summed E-state index contributed by atoms with van der Waals surface area (Å²) in [6, 6.07) is 7.25. The van der Waals surface area contributed by atoms with E-state index >= 15 is 0 Å². The van der Waals surface area contributed by atoms with Crippen LogP contribution >= 0.6 is 0 Å². The highest BCUT2D eigenvalue weighted by atomic mass is 16.4. The molecule has 0 spiro atoms. The number of hydrogen-bond donors (Lipinski definition) is 3. The normalized spacial score (nSPS) is 11.8. The van der Waals surface area contributed by atoms with Gasteiger partial charge in [-0.15, -0.1) is 0 Å². The third-order valence-corrected chi connectivity index (χ3v) is 5.18. The summed E-state index contributed by atoms with van der Waals surface area (Å²) in [5, 5.41) is 13.1. The number of anilines is 2. The van der Waals surface area contributed by atoms with Crippen LogP contribution in [0, 0.1) is 0 Å². The molecule has 4 heterocycles. The zero-order chi connectivity index (χ0) is 23.4. The molecule has 0 unspecified atom stereocenters. The number of nitrogens with zero attached hydrogens (tertiary/aromatic N) is 5. The summed E-state index contributed by atoms with van der Waals surface area (Å²) in [5.74, 6) is 1.30. The van der Waals surface area contributed by atoms with Crippen LogP contribution in [0.4, 0.5) is 16.4 Å². The number of hydrogen-bond acceptors (Lipinski definition) is 5. The van der Waals surface area contributed by atoms with Crippen molar-refractivity contribution < 1.29 is 14.7 Å². The van der Waals surface area contributed by atoms with Crippen LogP contribution in [0.5, 0.6) is 0 Å². The van der Waals surface area contributed by atoms with E-state index in [1.165, 1.54) is 14.0 Å². The number of pyridine rings is 2. The lowest BCUT2D eigenvalue weighted by Gasteiger charge is -2.17. The molecule has 0 aliphatic rings. The Morgan fingerprint density at radius 1 is 1.19 bits per heavy atom. The number of carbonyl (C=O) groups excluding carboxylic acids is 1. The Morgan fingerprint density at radius 2 is 1.91 bits per heavy atom. The average molecular weight is 435 g/mol. The number of rotatable bonds is 3. The quantitative estimate of drug-likeness (QED) is 0.448. The minimum absolute atomic E-state index is 0.208. The minimum atomic E-state index is -1.13. The Labute approximate surface area is 184 Å². The summed E-state index contributed by atoms with van der Waals surface area (Å²) in [5.41, 5.74) is 2.87. The molecule has 0 atom stereocenters. The van der Waals surface area contributed by atoms with Crippen LogP contribution in [0.15, 0.2) is 24.3 Å². The molecule has 4 aromatic rings. The largest absolute Gasteiger partial charge is 0.465 e. The molecule has 32 heavy (non-hydrogen) atoms. The number of nitrogens with one attached hydrogen (secondary N) is 2. The maximum atomic E-state index is 11.7. The number of amides is 2. The van der Waals surface area contributed by atoms with Gasteiger partial charge >= 0.3 is 6.09 Å². The van der Waals surface area contributed by atoms with Crippen LogP contribution in [0.2, 0.25) is 0 Å². The van der Waals surface area contributed by atoms with Gasteiger partial charge in [-0.25, -0.2) is 19.7 Å². The Morgan fingerprint density at radius 3 is 2.53 bits per heavy atom. The zero-order valence-corrected chi connectivity index (χ0v) is 18.8. The van der Waals surface area contributed by atoms with Crippen molar-refractivity contribution in [2.45, 2.75) is 33.1 Å². The first-order valence-electron chi connectivity index (χ1n) is 10.1. The van der Waals surface area contributed by atoms with Crippen molar-refractivity contribution in [3.05, 3.63) is 30.1 Å². The summed E-state index contributed by atoms with van der Waals surface area (Å²) >= 11 is 0. The van der Waals surface area contributed by atoms with Crippen LogP contribution in [0.1, 0.15) is 33.5 Å². The fourth-order valence-electron chi connectivity index (χ4n) is 3.80. The number of aromatic nitrogens is 5. The van der Waals surface area contributed by atoms with Crippen molar-refractivity contribution in [3.8, 4) is 11.4 Å². The van der Waals surface area contributed by atoms with Crippen molar-refractivity contribution in [3.63, 3.8) is 0 Å². The lowest BCUT2D eigenvalue weighted by molar-refractivity contribution is -0.114. The van der Waals surface area contributed by atoms with Gasteiger partial charge in [0.15, 0.2) is 5.82 Å². The van der Waals surface area contributed by atoms with E-state index in [0.29, 0.717) is 28.4 Å². The molecule has 4 aromatic heterocycles. The molecule has 0 fully saturated rings. The summed E-state index contributed by atoms with van der Waals surface area (Å²) in [6.45, 7) is 7.59. The number of carbonyl (C=O) groups is 2. The molecule has 0 radical (unpaired) electrons. The Hall–Kier alpha value is -3.95. The van der Waals surface area contributed by atoms with Gasteiger partial charge in [0.2, 0.25) is 5.91 Å². The molecule has 10 nitrogen and oxygen atoms in total. The standard InChI is InChI=1S/C22H25N7O3/c1-11(30)23-15-9-7-8-13(24-15)14-10-12-17-16(26-20(28(17)5)22(2,3)4)19(27-18(12)25-14)29(6)21(31)32/h7-10H,1-6H3,(H,25,27)(H,31,32)(H,23,24,30). The van der Waals surface area contributed by atoms with E-state index in [2.05, 4.69) is 41.0 Å². The first kappa shape index (κ1) is 21.3. The minimum Gasteiger partial charge on any atom is -0.465 e. The number of H-pyrrole nitrogens is 1. The van der Waals surface area contributed by atoms with E-state index in [4.69, 9.17) is 4.98 Å². The van der Waals surface area contributed by atoms with Gasteiger partial charge in [0, 0.05) is 31.8 Å². The van der Waals surface area contributed by atoms with Gasteiger partial charge < -0.3 is 20.0 Å². The maximum absolute atomic E-state index is 11.7. The van der Waals surface area contributed by atoms with Crippen molar-refractivity contribution >= 4 is 45.7 Å². The van der Waals surface area contributed by atoms with E-state index in [1.807, 2.05) is 23.7 Å². The number of aryl methyl sites for hydroxylation is 1. The van der Waals surface area contributed by atoms with Crippen molar-refractivity contribution in [2.75, 3.05) is 17.3 Å². The molecule has 0 aromatic carbocycles. The van der Waals surface area contributed by atoms with Gasteiger partial charge in [-0.3, -0.25) is 9.69 Å². The van der Waals surface area contributed by atoms with Crippen molar-refractivity contribution in [2.24, 2.45) is 7.05 Å². The van der Waals surface area contributed by atoms with Crippen molar-refractivity contribution in [1.29, 1.82) is 0 Å². The van der Waals surface area contributed by atoms with Gasteiger partial charge in [0.25, 0.3) is 0 Å². The van der Waals surface area contributed by atoms with E-state index in [9.17, 15) is 14.7 Å². The molecule has 0 saturated carbocycles. The fourth-order valence-corrected chi connectivity index (χ4v) is 3.80. The van der Waals surface area contributed by atoms with Crippen LogP contribution in [-0.4, -0.2) is 48.7 Å². The van der Waals surface area contributed by atoms with E-state index in [1.54, 1.807) is 12.1 Å². The van der Waals surface area contributed by atoms with Gasteiger partial charge in [0.05, 0.1) is 16.9 Å². The highest BCUT2D eigenvalue weighted by molar-refractivity contribution is 6.09. The SMILES string of the molecule is CC(=O)Nc1cccc(-c2cc3c(nc(N(C)C(=O)O)c4nc(C(C)(C)C)n(C)c43)[nH]2)n1. The van der Waals surface area contributed by atoms with Gasteiger partial charge in [0.1, 0.15) is 22.8 Å². The average Bonchev–Trinajstić information content (AvgIpc) is 3.27. The highest BCUT2D eigenvalue weighted by Crippen LogP contribution is 2.36. The molecule has 0 bridgehead atoms. The lowest BCUT2D eigenvalue weighted by Crippen LogP contribution is -2.25. The molecule has 0 saturated heterocycles. The molecular formula is C22H25N7O3. The first-order valence-corrected chi connectivity index (χ1v) is 10.1. The summed E-state index contributed by atoms with van der Waals surface area (Å²) in [6.07, 6.45) is -1.13. The third kappa shape index (κ3) is 3.53. The predicted molar refractivity (Wildman–Crippen MR) is 123 cm³/mol. The van der Waals surface area contributed by atoms with Gasteiger partial charge in [-0.1, -0.05) is 26.8 Å². The summed E-state index contributed by atoms with van der Waals surface area (Å²) in [4.78, 5) is 41.3. The smallest absolute Gasteiger partial charge is 0.412 e. The number of fused-ring (bicyclic) bond motifs is 3. The van der Waals surface area contributed by atoms with E-state index in [-0.39, 0.29) is 17.1 Å². The Kier molecular flexibility index (Phi) is 4.87. The molecule has 0 aliphatic carbocycles. The molecule has 10 heteroatoms. The zero-order valence-electron chi connectivity index (χ0n) is 18.8. The predicted octanol–water partition coefficient (Wildman–Crippen LogP) is 3.88. The second-order valence-corrected chi connectivity index (χ2v) is 8.75. The third-order valence-electron chi connectivity index (χ3n) is 5.18. The Bertz CT molecular complexity index is 1380.